The second kappa shape index (κ2) is 5.54. The van der Waals surface area contributed by atoms with Gasteiger partial charge in [-0.2, -0.15) is 5.10 Å². The molecule has 3 rings (SSSR count). The first-order chi connectivity index (χ1) is 10.1. The summed E-state index contributed by atoms with van der Waals surface area (Å²) >= 11 is 9.84. The molecule has 0 aliphatic rings. The number of aromatic amines is 1. The number of nitrogens with zero attached hydrogens (tertiary/aromatic N) is 1. The van der Waals surface area contributed by atoms with Crippen molar-refractivity contribution in [1.29, 1.82) is 0 Å². The zero-order valence-electron chi connectivity index (χ0n) is 11.3. The molecule has 3 nitrogen and oxygen atoms in total. The van der Waals surface area contributed by atoms with Gasteiger partial charge >= 0.3 is 0 Å². The van der Waals surface area contributed by atoms with Gasteiger partial charge in [-0.1, -0.05) is 53.6 Å². The van der Waals surface area contributed by atoms with E-state index in [0.717, 1.165) is 26.9 Å². The van der Waals surface area contributed by atoms with E-state index in [0.29, 0.717) is 10.8 Å². The molecular formula is C16H13BrClN3. The van der Waals surface area contributed by atoms with Gasteiger partial charge in [-0.3, -0.25) is 5.10 Å². The molecular weight excluding hydrogens is 350 g/mol. The topological polar surface area (TPSA) is 54.7 Å². The average Bonchev–Trinajstić information content (AvgIpc) is 2.83. The van der Waals surface area contributed by atoms with Gasteiger partial charge in [0.1, 0.15) is 0 Å². The fourth-order valence-corrected chi connectivity index (χ4v) is 2.93. The predicted molar refractivity (Wildman–Crippen MR) is 91.3 cm³/mol. The first-order valence-electron chi connectivity index (χ1n) is 6.43. The van der Waals surface area contributed by atoms with Crippen LogP contribution in [0.15, 0.2) is 46.9 Å². The standard InChI is InChI=1S/C16H13BrClN3/c1-9-4-2-5-10(8-9)13-15(20-21-16(13)19)11-6-3-7-12(17)14(11)18/h2-8H,1H3,(H3,19,20,21). The van der Waals surface area contributed by atoms with E-state index < -0.39 is 0 Å². The molecule has 0 radical (unpaired) electrons. The lowest BCUT2D eigenvalue weighted by atomic mass is 9.99. The van der Waals surface area contributed by atoms with Crippen molar-refractivity contribution in [2.24, 2.45) is 0 Å². The van der Waals surface area contributed by atoms with Crippen LogP contribution in [-0.4, -0.2) is 10.2 Å². The molecule has 0 unspecified atom stereocenters. The maximum atomic E-state index is 6.39. The number of H-pyrrole nitrogens is 1. The van der Waals surface area contributed by atoms with Crippen molar-refractivity contribution < 1.29 is 0 Å². The quantitative estimate of drug-likeness (QED) is 0.670. The number of benzene rings is 2. The van der Waals surface area contributed by atoms with E-state index in [1.54, 1.807) is 0 Å². The third kappa shape index (κ3) is 2.57. The number of nitrogens with one attached hydrogen (secondary N) is 1. The van der Waals surface area contributed by atoms with Gasteiger partial charge in [-0.05, 0) is 34.5 Å². The lowest BCUT2D eigenvalue weighted by Gasteiger charge is -2.08. The fraction of sp³-hybridized carbons (Fsp3) is 0.0625. The van der Waals surface area contributed by atoms with Crippen LogP contribution in [0.3, 0.4) is 0 Å². The summed E-state index contributed by atoms with van der Waals surface area (Å²) in [5.74, 6) is 0.464. The van der Waals surface area contributed by atoms with E-state index in [1.165, 1.54) is 5.56 Å². The number of halogens is 2. The number of aryl methyl sites for hydroxylation is 1. The first-order valence-corrected chi connectivity index (χ1v) is 7.60. The predicted octanol–water partition coefficient (Wildman–Crippen LogP) is 5.05. The van der Waals surface area contributed by atoms with Gasteiger partial charge in [0.2, 0.25) is 0 Å². The van der Waals surface area contributed by atoms with Gasteiger partial charge < -0.3 is 5.73 Å². The second-order valence-corrected chi connectivity index (χ2v) is 6.06. The molecule has 0 atom stereocenters. The first kappa shape index (κ1) is 14.2. The molecule has 3 N–H and O–H groups in total. The average molecular weight is 363 g/mol. The molecule has 0 spiro atoms. The van der Waals surface area contributed by atoms with Crippen LogP contribution >= 0.6 is 27.5 Å². The minimum atomic E-state index is 0.464. The third-order valence-electron chi connectivity index (χ3n) is 3.32. The molecule has 2 aromatic carbocycles. The van der Waals surface area contributed by atoms with Crippen molar-refractivity contribution in [3.8, 4) is 22.4 Å². The largest absolute Gasteiger partial charge is 0.382 e. The summed E-state index contributed by atoms with van der Waals surface area (Å²) in [5, 5.41) is 7.78. The molecule has 0 fully saturated rings. The second-order valence-electron chi connectivity index (χ2n) is 4.83. The Kier molecular flexibility index (Phi) is 3.74. The zero-order valence-corrected chi connectivity index (χ0v) is 13.7. The Morgan fingerprint density at radius 2 is 1.95 bits per heavy atom. The Morgan fingerprint density at radius 1 is 1.19 bits per heavy atom. The maximum absolute atomic E-state index is 6.39. The highest BCUT2D eigenvalue weighted by Gasteiger charge is 2.17. The third-order valence-corrected chi connectivity index (χ3v) is 4.62. The van der Waals surface area contributed by atoms with Gasteiger partial charge in [0.05, 0.1) is 16.3 Å². The number of hydrogen-bond donors (Lipinski definition) is 2. The molecule has 0 amide bonds. The normalized spacial score (nSPS) is 10.8. The molecule has 0 saturated heterocycles. The minimum Gasteiger partial charge on any atom is -0.382 e. The number of nitrogen functional groups attached to an aromatic ring is 1. The smallest absolute Gasteiger partial charge is 0.153 e. The summed E-state index contributed by atoms with van der Waals surface area (Å²) in [6, 6.07) is 13.9. The van der Waals surface area contributed by atoms with Crippen molar-refractivity contribution in [2.75, 3.05) is 5.73 Å². The van der Waals surface area contributed by atoms with Gasteiger partial charge in [-0.25, -0.2) is 0 Å². The monoisotopic (exact) mass is 361 g/mol. The number of anilines is 1. The summed E-state index contributed by atoms with van der Waals surface area (Å²) < 4.78 is 0.838. The Balaban J connectivity index is 2.24. The number of aromatic nitrogens is 2. The van der Waals surface area contributed by atoms with Crippen LogP contribution < -0.4 is 5.73 Å². The highest BCUT2D eigenvalue weighted by molar-refractivity contribution is 9.10. The molecule has 0 saturated carbocycles. The van der Waals surface area contributed by atoms with E-state index in [4.69, 9.17) is 17.3 Å². The van der Waals surface area contributed by atoms with Gasteiger partial charge in [0, 0.05) is 10.0 Å². The van der Waals surface area contributed by atoms with E-state index in [1.807, 2.05) is 43.3 Å². The van der Waals surface area contributed by atoms with Crippen molar-refractivity contribution in [2.45, 2.75) is 6.92 Å². The Bertz CT molecular complexity index is 811. The zero-order chi connectivity index (χ0) is 15.0. The van der Waals surface area contributed by atoms with Crippen LogP contribution in [0.5, 0.6) is 0 Å². The fourth-order valence-electron chi connectivity index (χ4n) is 2.34. The molecule has 3 aromatic rings. The molecule has 5 heteroatoms. The molecule has 0 aliphatic heterocycles. The molecule has 1 heterocycles. The van der Waals surface area contributed by atoms with Crippen molar-refractivity contribution in [3.63, 3.8) is 0 Å². The highest BCUT2D eigenvalue weighted by Crippen LogP contribution is 2.40. The van der Waals surface area contributed by atoms with Crippen molar-refractivity contribution in [3.05, 3.63) is 57.5 Å². The molecule has 21 heavy (non-hydrogen) atoms. The van der Waals surface area contributed by atoms with Crippen molar-refractivity contribution in [1.82, 2.24) is 10.2 Å². The Labute approximate surface area is 136 Å². The van der Waals surface area contributed by atoms with Crippen LogP contribution in [0, 0.1) is 6.92 Å². The van der Waals surface area contributed by atoms with Gasteiger partial charge in [-0.15, -0.1) is 0 Å². The summed E-state index contributed by atoms with van der Waals surface area (Å²) in [4.78, 5) is 0. The molecule has 1 aromatic heterocycles. The number of hydrogen-bond acceptors (Lipinski definition) is 2. The Morgan fingerprint density at radius 3 is 2.71 bits per heavy atom. The number of nitrogens with two attached hydrogens (primary N) is 1. The number of rotatable bonds is 2. The van der Waals surface area contributed by atoms with Crippen LogP contribution in [0.25, 0.3) is 22.4 Å². The molecule has 0 bridgehead atoms. The van der Waals surface area contributed by atoms with Crippen molar-refractivity contribution >= 4 is 33.3 Å². The summed E-state index contributed by atoms with van der Waals surface area (Å²) in [6.07, 6.45) is 0. The summed E-state index contributed by atoms with van der Waals surface area (Å²) in [5.41, 5.74) is 10.8. The van der Waals surface area contributed by atoms with Crippen LogP contribution in [0.2, 0.25) is 5.02 Å². The molecule has 106 valence electrons. The lowest BCUT2D eigenvalue weighted by molar-refractivity contribution is 1.10. The van der Waals surface area contributed by atoms with Crippen LogP contribution in [-0.2, 0) is 0 Å². The maximum Gasteiger partial charge on any atom is 0.153 e. The minimum absolute atomic E-state index is 0.464. The van der Waals surface area contributed by atoms with Gasteiger partial charge in [0.25, 0.3) is 0 Å². The van der Waals surface area contributed by atoms with E-state index in [-0.39, 0.29) is 0 Å². The lowest BCUT2D eigenvalue weighted by Crippen LogP contribution is -1.90. The van der Waals surface area contributed by atoms with E-state index in [2.05, 4.69) is 32.2 Å². The van der Waals surface area contributed by atoms with Crippen LogP contribution in [0.4, 0.5) is 5.82 Å². The molecule has 0 aliphatic carbocycles. The Hall–Kier alpha value is -1.78. The van der Waals surface area contributed by atoms with Crippen LogP contribution in [0.1, 0.15) is 5.56 Å². The SMILES string of the molecule is Cc1cccc(-c2c(N)n[nH]c2-c2cccc(Br)c2Cl)c1. The summed E-state index contributed by atoms with van der Waals surface area (Å²) in [6.45, 7) is 2.05. The van der Waals surface area contributed by atoms with Gasteiger partial charge in [0.15, 0.2) is 5.82 Å². The highest BCUT2D eigenvalue weighted by atomic mass is 79.9. The van der Waals surface area contributed by atoms with E-state index >= 15 is 0 Å². The summed E-state index contributed by atoms with van der Waals surface area (Å²) in [7, 11) is 0. The van der Waals surface area contributed by atoms with E-state index in [9.17, 15) is 0 Å².